The van der Waals surface area contributed by atoms with E-state index in [1.165, 1.54) is 5.56 Å². The van der Waals surface area contributed by atoms with Gasteiger partial charge in [0.2, 0.25) is 5.91 Å². The number of rotatable bonds is 5. The molecule has 0 saturated carbocycles. The number of likely N-dealkylation sites (tertiary alicyclic amines) is 1. The maximum atomic E-state index is 12.5. The molecule has 0 aliphatic carbocycles. The van der Waals surface area contributed by atoms with Gasteiger partial charge in [0, 0.05) is 42.4 Å². The van der Waals surface area contributed by atoms with E-state index in [2.05, 4.69) is 24.0 Å². The predicted molar refractivity (Wildman–Crippen MR) is 114 cm³/mol. The number of imidazole rings is 1. The number of amides is 1. The second kappa shape index (κ2) is 8.37. The summed E-state index contributed by atoms with van der Waals surface area (Å²) in [5, 5.41) is 0.597. The lowest BCUT2D eigenvalue weighted by Gasteiger charge is -2.31. The lowest BCUT2D eigenvalue weighted by Crippen LogP contribution is -2.38. The van der Waals surface area contributed by atoms with E-state index in [9.17, 15) is 9.59 Å². The van der Waals surface area contributed by atoms with Crippen molar-refractivity contribution in [2.24, 2.45) is 0 Å². The maximum Gasteiger partial charge on any atom is 0.223 e. The lowest BCUT2D eigenvalue weighted by atomic mass is 9.95. The van der Waals surface area contributed by atoms with Crippen LogP contribution in [0.25, 0.3) is 11.0 Å². The minimum absolute atomic E-state index is 0.0255. The zero-order chi connectivity index (χ0) is 20.4. The molecule has 6 heteroatoms. The number of piperidine rings is 1. The molecule has 1 N–H and O–H groups in total. The van der Waals surface area contributed by atoms with Gasteiger partial charge in [-0.3, -0.25) is 9.59 Å². The van der Waals surface area contributed by atoms with Crippen molar-refractivity contribution >= 4 is 34.3 Å². The van der Waals surface area contributed by atoms with Crippen LogP contribution in [0.3, 0.4) is 0 Å². The summed E-state index contributed by atoms with van der Waals surface area (Å²) >= 11 is 5.85. The SMILES string of the molecule is Cc1ccc2nc(C3CCN(C(=O)CCC(=O)c4ccc(Cl)cc4)CC3)[nH]c2c1. The van der Waals surface area contributed by atoms with Crippen molar-refractivity contribution in [3.05, 3.63) is 64.4 Å². The average molecular weight is 410 g/mol. The van der Waals surface area contributed by atoms with Gasteiger partial charge >= 0.3 is 0 Å². The Labute approximate surface area is 175 Å². The van der Waals surface area contributed by atoms with Crippen LogP contribution in [0.15, 0.2) is 42.5 Å². The number of halogens is 1. The van der Waals surface area contributed by atoms with Crippen molar-refractivity contribution in [1.29, 1.82) is 0 Å². The van der Waals surface area contributed by atoms with Crippen LogP contribution in [0.1, 0.15) is 53.3 Å². The minimum atomic E-state index is -0.0255. The van der Waals surface area contributed by atoms with Gasteiger partial charge in [0.05, 0.1) is 11.0 Å². The molecule has 29 heavy (non-hydrogen) atoms. The van der Waals surface area contributed by atoms with Gasteiger partial charge in [-0.2, -0.15) is 0 Å². The van der Waals surface area contributed by atoms with E-state index in [1.54, 1.807) is 24.3 Å². The van der Waals surface area contributed by atoms with Crippen LogP contribution < -0.4 is 0 Å². The summed E-state index contributed by atoms with van der Waals surface area (Å²) in [5.41, 5.74) is 3.87. The highest BCUT2D eigenvalue weighted by Crippen LogP contribution is 2.28. The first-order chi connectivity index (χ1) is 14.0. The molecule has 1 aliphatic heterocycles. The lowest BCUT2D eigenvalue weighted by molar-refractivity contribution is -0.132. The third kappa shape index (κ3) is 4.51. The Morgan fingerprint density at radius 2 is 1.83 bits per heavy atom. The van der Waals surface area contributed by atoms with E-state index in [0.29, 0.717) is 29.6 Å². The molecule has 2 heterocycles. The minimum Gasteiger partial charge on any atom is -0.343 e. The molecule has 0 bridgehead atoms. The summed E-state index contributed by atoms with van der Waals surface area (Å²) in [5.74, 6) is 1.37. The standard InChI is InChI=1S/C23H24ClN3O2/c1-15-2-7-19-20(14-15)26-23(25-19)17-10-12-27(13-11-17)22(29)9-8-21(28)16-3-5-18(24)6-4-16/h2-7,14,17H,8-13H2,1H3,(H,25,26). The van der Waals surface area contributed by atoms with Crippen LogP contribution in [0.2, 0.25) is 5.02 Å². The molecule has 0 unspecified atom stereocenters. The third-order valence-corrected chi connectivity index (χ3v) is 5.87. The molecule has 1 saturated heterocycles. The highest BCUT2D eigenvalue weighted by atomic mass is 35.5. The van der Waals surface area contributed by atoms with E-state index in [1.807, 2.05) is 11.0 Å². The average Bonchev–Trinajstić information content (AvgIpc) is 3.15. The van der Waals surface area contributed by atoms with Crippen molar-refractivity contribution in [1.82, 2.24) is 14.9 Å². The second-order valence-electron chi connectivity index (χ2n) is 7.73. The topological polar surface area (TPSA) is 66.1 Å². The van der Waals surface area contributed by atoms with Gasteiger partial charge in [-0.25, -0.2) is 4.98 Å². The van der Waals surface area contributed by atoms with E-state index in [0.717, 1.165) is 29.7 Å². The van der Waals surface area contributed by atoms with Crippen molar-refractivity contribution in [2.75, 3.05) is 13.1 Å². The number of aromatic amines is 1. The number of benzene rings is 2. The second-order valence-corrected chi connectivity index (χ2v) is 8.16. The number of aromatic nitrogens is 2. The molecule has 4 rings (SSSR count). The number of fused-ring (bicyclic) bond motifs is 1. The third-order valence-electron chi connectivity index (χ3n) is 5.62. The van der Waals surface area contributed by atoms with E-state index in [-0.39, 0.29) is 24.5 Å². The Hall–Kier alpha value is -2.66. The highest BCUT2D eigenvalue weighted by molar-refractivity contribution is 6.30. The fourth-order valence-corrected chi connectivity index (χ4v) is 4.02. The predicted octanol–water partition coefficient (Wildman–Crippen LogP) is 4.89. The Morgan fingerprint density at radius 3 is 2.55 bits per heavy atom. The number of nitrogens with one attached hydrogen (secondary N) is 1. The molecule has 1 fully saturated rings. The number of carbonyl (C=O) groups is 2. The number of hydrogen-bond donors (Lipinski definition) is 1. The first kappa shape index (κ1) is 19.6. The smallest absolute Gasteiger partial charge is 0.223 e. The van der Waals surface area contributed by atoms with Crippen LogP contribution in [-0.2, 0) is 4.79 Å². The van der Waals surface area contributed by atoms with Gasteiger partial charge < -0.3 is 9.88 Å². The fraction of sp³-hybridized carbons (Fsp3) is 0.348. The molecule has 0 radical (unpaired) electrons. The Morgan fingerprint density at radius 1 is 1.10 bits per heavy atom. The normalized spacial score (nSPS) is 15.0. The zero-order valence-corrected chi connectivity index (χ0v) is 17.2. The summed E-state index contributed by atoms with van der Waals surface area (Å²) in [6.07, 6.45) is 2.24. The first-order valence-corrected chi connectivity index (χ1v) is 10.4. The van der Waals surface area contributed by atoms with E-state index >= 15 is 0 Å². The van der Waals surface area contributed by atoms with Gasteiger partial charge in [-0.15, -0.1) is 0 Å². The largest absolute Gasteiger partial charge is 0.343 e. The van der Waals surface area contributed by atoms with Crippen molar-refractivity contribution in [3.8, 4) is 0 Å². The molecule has 5 nitrogen and oxygen atoms in total. The number of H-pyrrole nitrogens is 1. The Kier molecular flexibility index (Phi) is 5.67. The molecule has 1 aliphatic rings. The fourth-order valence-electron chi connectivity index (χ4n) is 3.90. The Bertz CT molecular complexity index is 1030. The highest BCUT2D eigenvalue weighted by Gasteiger charge is 2.26. The van der Waals surface area contributed by atoms with Crippen LogP contribution in [0.5, 0.6) is 0 Å². The molecule has 3 aromatic rings. The number of aryl methyl sites for hydroxylation is 1. The monoisotopic (exact) mass is 409 g/mol. The van der Waals surface area contributed by atoms with Gasteiger partial charge in [0.25, 0.3) is 0 Å². The zero-order valence-electron chi connectivity index (χ0n) is 16.5. The molecular weight excluding hydrogens is 386 g/mol. The quantitative estimate of drug-likeness (QED) is 0.610. The van der Waals surface area contributed by atoms with Gasteiger partial charge in [-0.05, 0) is 61.7 Å². The summed E-state index contributed by atoms with van der Waals surface area (Å²) in [4.78, 5) is 34.9. The summed E-state index contributed by atoms with van der Waals surface area (Å²) in [6.45, 7) is 3.48. The molecule has 150 valence electrons. The van der Waals surface area contributed by atoms with Crippen molar-refractivity contribution < 1.29 is 9.59 Å². The molecule has 0 spiro atoms. The van der Waals surface area contributed by atoms with Crippen LogP contribution in [-0.4, -0.2) is 39.6 Å². The van der Waals surface area contributed by atoms with Crippen molar-refractivity contribution in [3.63, 3.8) is 0 Å². The summed E-state index contributed by atoms with van der Waals surface area (Å²) in [6, 6.07) is 13.0. The number of carbonyl (C=O) groups excluding carboxylic acids is 2. The Balaban J connectivity index is 1.30. The molecule has 2 aromatic carbocycles. The van der Waals surface area contributed by atoms with Gasteiger partial charge in [0.1, 0.15) is 5.82 Å². The summed E-state index contributed by atoms with van der Waals surface area (Å²) < 4.78 is 0. The van der Waals surface area contributed by atoms with Gasteiger partial charge in [-0.1, -0.05) is 17.7 Å². The van der Waals surface area contributed by atoms with Gasteiger partial charge in [0.15, 0.2) is 5.78 Å². The molecule has 0 atom stereocenters. The first-order valence-electron chi connectivity index (χ1n) is 10.0. The number of Topliss-reactive ketones (excluding diaryl/α,β-unsaturated/α-hetero) is 1. The number of nitrogens with zero attached hydrogens (tertiary/aromatic N) is 2. The molecular formula is C23H24ClN3O2. The van der Waals surface area contributed by atoms with Crippen LogP contribution >= 0.6 is 11.6 Å². The molecule has 1 aromatic heterocycles. The number of ketones is 1. The number of hydrogen-bond acceptors (Lipinski definition) is 3. The van der Waals surface area contributed by atoms with Crippen LogP contribution in [0.4, 0.5) is 0 Å². The van der Waals surface area contributed by atoms with Crippen LogP contribution in [0, 0.1) is 6.92 Å². The van der Waals surface area contributed by atoms with E-state index < -0.39 is 0 Å². The molecule has 1 amide bonds. The summed E-state index contributed by atoms with van der Waals surface area (Å²) in [7, 11) is 0. The maximum absolute atomic E-state index is 12.5. The van der Waals surface area contributed by atoms with Crippen molar-refractivity contribution in [2.45, 2.75) is 38.5 Å². The van der Waals surface area contributed by atoms with E-state index in [4.69, 9.17) is 16.6 Å².